The highest BCUT2D eigenvalue weighted by Gasteiger charge is 2.15. The highest BCUT2D eigenvalue weighted by Crippen LogP contribution is 2.18. The fraction of sp³-hybridized carbons (Fsp3) is 0.222. The Hall–Kier alpha value is -2.91. The average Bonchev–Trinajstić information content (AvgIpc) is 2.56. The van der Waals surface area contributed by atoms with E-state index < -0.39 is 0 Å². The van der Waals surface area contributed by atoms with E-state index in [0.717, 1.165) is 5.56 Å². The van der Waals surface area contributed by atoms with Crippen molar-refractivity contribution in [2.24, 2.45) is 0 Å². The van der Waals surface area contributed by atoms with E-state index in [4.69, 9.17) is 5.26 Å². The van der Waals surface area contributed by atoms with Gasteiger partial charge in [0.25, 0.3) is 0 Å². The first-order valence-corrected chi connectivity index (χ1v) is 7.46. The largest absolute Gasteiger partial charge is 0.336 e. The second-order valence-electron chi connectivity index (χ2n) is 5.56. The number of halogens is 1. The lowest BCUT2D eigenvalue weighted by Crippen LogP contribution is -2.36. The van der Waals surface area contributed by atoms with E-state index in [1.165, 1.54) is 12.1 Å². The van der Waals surface area contributed by atoms with E-state index in [-0.39, 0.29) is 17.9 Å². The van der Waals surface area contributed by atoms with Crippen LogP contribution in [0, 0.1) is 17.1 Å². The molecule has 0 aliphatic carbocycles. The summed E-state index contributed by atoms with van der Waals surface area (Å²) in [5.74, 6) is -0.292. The third-order valence-corrected chi connectivity index (χ3v) is 3.58. The van der Waals surface area contributed by atoms with E-state index >= 15 is 0 Å². The van der Waals surface area contributed by atoms with Crippen LogP contribution in [0.5, 0.6) is 0 Å². The molecule has 0 saturated carbocycles. The lowest BCUT2D eigenvalue weighted by atomic mass is 10.1. The van der Waals surface area contributed by atoms with Gasteiger partial charge in [0.2, 0.25) is 0 Å². The molecule has 5 nitrogen and oxygen atoms in total. The Balaban J connectivity index is 1.97. The van der Waals surface area contributed by atoms with Crippen molar-refractivity contribution in [2.75, 3.05) is 26.0 Å². The molecule has 2 amide bonds. The molecule has 24 heavy (non-hydrogen) atoms. The third-order valence-electron chi connectivity index (χ3n) is 3.58. The average molecular weight is 326 g/mol. The fourth-order valence-electron chi connectivity index (χ4n) is 2.31. The van der Waals surface area contributed by atoms with Gasteiger partial charge in [-0.3, -0.25) is 0 Å². The summed E-state index contributed by atoms with van der Waals surface area (Å²) in [6.07, 6.45) is 0. The van der Waals surface area contributed by atoms with Gasteiger partial charge in [-0.1, -0.05) is 18.2 Å². The number of nitrogens with one attached hydrogen (secondary N) is 2. The number of nitrogens with zero attached hydrogens (tertiary/aromatic N) is 2. The molecule has 6 heteroatoms. The number of rotatable bonds is 5. The van der Waals surface area contributed by atoms with Crippen molar-refractivity contribution in [1.82, 2.24) is 10.2 Å². The number of hydrogen-bond donors (Lipinski definition) is 2. The minimum atomic E-state index is -0.362. The van der Waals surface area contributed by atoms with Crippen molar-refractivity contribution in [2.45, 2.75) is 6.04 Å². The van der Waals surface area contributed by atoms with E-state index in [9.17, 15) is 9.18 Å². The number of urea groups is 1. The van der Waals surface area contributed by atoms with Crippen LogP contribution in [0.1, 0.15) is 17.2 Å². The SMILES string of the molecule is CN(C)[C@@H](CNC(=O)Nc1cccc(C#N)c1)c1ccc(F)cc1. The molecule has 0 heterocycles. The molecule has 2 aromatic carbocycles. The van der Waals surface area contributed by atoms with Crippen molar-refractivity contribution >= 4 is 11.7 Å². The molecule has 0 spiro atoms. The van der Waals surface area contributed by atoms with Gasteiger partial charge in [-0.25, -0.2) is 9.18 Å². The van der Waals surface area contributed by atoms with Gasteiger partial charge >= 0.3 is 6.03 Å². The third kappa shape index (κ3) is 4.80. The Bertz CT molecular complexity index is 737. The molecule has 0 saturated heterocycles. The second kappa shape index (κ2) is 8.09. The number of carbonyl (C=O) groups excluding carboxylic acids is 1. The predicted octanol–water partition coefficient (Wildman–Crippen LogP) is 3.12. The minimum absolute atomic E-state index is 0.0817. The highest BCUT2D eigenvalue weighted by atomic mass is 19.1. The summed E-state index contributed by atoms with van der Waals surface area (Å²) in [6, 6.07) is 14.5. The highest BCUT2D eigenvalue weighted by molar-refractivity contribution is 5.89. The number of hydrogen-bond acceptors (Lipinski definition) is 3. The summed E-state index contributed by atoms with van der Waals surface area (Å²) in [4.78, 5) is 14.0. The molecule has 2 N–H and O–H groups in total. The van der Waals surface area contributed by atoms with Crippen LogP contribution in [0.3, 0.4) is 0 Å². The number of benzene rings is 2. The molecule has 2 aromatic rings. The number of anilines is 1. The molecule has 0 unspecified atom stereocenters. The van der Waals surface area contributed by atoms with Gasteiger partial charge in [-0.05, 0) is 50.0 Å². The summed E-state index contributed by atoms with van der Waals surface area (Å²) < 4.78 is 13.1. The molecule has 124 valence electrons. The Morgan fingerprint density at radius 3 is 2.58 bits per heavy atom. The van der Waals surface area contributed by atoms with Crippen LogP contribution >= 0.6 is 0 Å². The number of carbonyl (C=O) groups is 1. The second-order valence-corrected chi connectivity index (χ2v) is 5.56. The van der Waals surface area contributed by atoms with Gasteiger partial charge in [-0.15, -0.1) is 0 Å². The maximum atomic E-state index is 13.1. The van der Waals surface area contributed by atoms with Crippen molar-refractivity contribution in [3.63, 3.8) is 0 Å². The molecular weight excluding hydrogens is 307 g/mol. The standard InChI is InChI=1S/C18H19FN4O/c1-23(2)17(14-6-8-15(19)9-7-14)12-21-18(24)22-16-5-3-4-13(10-16)11-20/h3-10,17H,12H2,1-2H3,(H2,21,22,24)/t17-/m0/s1. The van der Waals surface area contributed by atoms with Gasteiger partial charge < -0.3 is 15.5 Å². The van der Waals surface area contributed by atoms with Crippen LogP contribution in [0.4, 0.5) is 14.9 Å². The molecule has 0 bridgehead atoms. The zero-order valence-electron chi connectivity index (χ0n) is 13.6. The van der Waals surface area contributed by atoms with E-state index in [1.807, 2.05) is 25.1 Å². The van der Waals surface area contributed by atoms with E-state index in [0.29, 0.717) is 17.8 Å². The van der Waals surface area contributed by atoms with Gasteiger partial charge in [0.05, 0.1) is 17.7 Å². The number of amides is 2. The Morgan fingerprint density at radius 1 is 1.25 bits per heavy atom. The minimum Gasteiger partial charge on any atom is -0.336 e. The lowest BCUT2D eigenvalue weighted by Gasteiger charge is -2.25. The summed E-state index contributed by atoms with van der Waals surface area (Å²) in [7, 11) is 3.79. The molecule has 0 aliphatic rings. The van der Waals surface area contributed by atoms with E-state index in [2.05, 4.69) is 10.6 Å². The van der Waals surface area contributed by atoms with E-state index in [1.54, 1.807) is 36.4 Å². The van der Waals surface area contributed by atoms with Gasteiger partial charge in [0.15, 0.2) is 0 Å². The van der Waals surface area contributed by atoms with Crippen LogP contribution in [0.15, 0.2) is 48.5 Å². The zero-order chi connectivity index (χ0) is 17.5. The predicted molar refractivity (Wildman–Crippen MR) is 91.0 cm³/mol. The van der Waals surface area contributed by atoms with Crippen molar-refractivity contribution in [3.05, 3.63) is 65.5 Å². The normalized spacial score (nSPS) is 11.6. The first kappa shape index (κ1) is 17.4. The Labute approximate surface area is 140 Å². The van der Waals surface area contributed by atoms with Crippen LogP contribution in [-0.2, 0) is 0 Å². The van der Waals surface area contributed by atoms with Crippen molar-refractivity contribution in [3.8, 4) is 6.07 Å². The Kier molecular flexibility index (Phi) is 5.88. The first-order valence-electron chi connectivity index (χ1n) is 7.46. The zero-order valence-corrected chi connectivity index (χ0v) is 13.6. The van der Waals surface area contributed by atoms with Crippen LogP contribution < -0.4 is 10.6 Å². The summed E-state index contributed by atoms with van der Waals surface area (Å²) in [5, 5.41) is 14.4. The molecule has 0 fully saturated rings. The summed E-state index contributed by atoms with van der Waals surface area (Å²) in [5.41, 5.74) is 1.94. The quantitative estimate of drug-likeness (QED) is 0.887. The molecular formula is C18H19FN4O. The molecule has 0 radical (unpaired) electrons. The number of likely N-dealkylation sites (N-methyl/N-ethyl adjacent to an activating group) is 1. The first-order chi connectivity index (χ1) is 11.5. The maximum Gasteiger partial charge on any atom is 0.319 e. The molecule has 0 aromatic heterocycles. The maximum absolute atomic E-state index is 13.1. The van der Waals surface area contributed by atoms with Gasteiger partial charge in [0.1, 0.15) is 5.82 Å². The fourth-order valence-corrected chi connectivity index (χ4v) is 2.31. The summed E-state index contributed by atoms with van der Waals surface area (Å²) in [6.45, 7) is 0.363. The topological polar surface area (TPSA) is 68.2 Å². The molecule has 1 atom stereocenters. The van der Waals surface area contributed by atoms with Gasteiger partial charge in [-0.2, -0.15) is 5.26 Å². The smallest absolute Gasteiger partial charge is 0.319 e. The number of nitriles is 1. The van der Waals surface area contributed by atoms with Crippen LogP contribution in [0.2, 0.25) is 0 Å². The molecule has 2 rings (SSSR count). The summed E-state index contributed by atoms with van der Waals surface area (Å²) >= 11 is 0. The monoisotopic (exact) mass is 326 g/mol. The van der Waals surface area contributed by atoms with Gasteiger partial charge in [0, 0.05) is 12.2 Å². The Morgan fingerprint density at radius 2 is 1.96 bits per heavy atom. The van der Waals surface area contributed by atoms with Crippen molar-refractivity contribution < 1.29 is 9.18 Å². The van der Waals surface area contributed by atoms with Crippen LogP contribution in [0.25, 0.3) is 0 Å². The van der Waals surface area contributed by atoms with Crippen molar-refractivity contribution in [1.29, 1.82) is 5.26 Å². The van der Waals surface area contributed by atoms with Crippen LogP contribution in [-0.4, -0.2) is 31.6 Å². The molecule has 0 aliphatic heterocycles. The lowest BCUT2D eigenvalue weighted by molar-refractivity contribution is 0.243.